The Kier molecular flexibility index (Phi) is 6.17. The fraction of sp³-hybridized carbons (Fsp3) is 0.476. The Morgan fingerprint density at radius 2 is 1.87 bits per heavy atom. The zero-order chi connectivity index (χ0) is 21.1. The van der Waals surface area contributed by atoms with Gasteiger partial charge in [0.15, 0.2) is 5.13 Å². The highest BCUT2D eigenvalue weighted by atomic mass is 32.1. The molecule has 0 aliphatic carbocycles. The van der Waals surface area contributed by atoms with Crippen molar-refractivity contribution in [2.24, 2.45) is 5.92 Å². The van der Waals surface area contributed by atoms with Crippen LogP contribution in [0, 0.1) is 11.7 Å². The van der Waals surface area contributed by atoms with Crippen LogP contribution >= 0.6 is 11.3 Å². The predicted octanol–water partition coefficient (Wildman–Crippen LogP) is 3.82. The van der Waals surface area contributed by atoms with Crippen molar-refractivity contribution in [2.45, 2.75) is 25.7 Å². The third kappa shape index (κ3) is 4.40. The third-order valence-electron chi connectivity index (χ3n) is 5.68. The number of halogens is 1. The molecule has 30 heavy (non-hydrogen) atoms. The number of anilines is 1. The van der Waals surface area contributed by atoms with Crippen LogP contribution in [-0.4, -0.2) is 60.0 Å². The molecule has 0 spiro atoms. The molecule has 3 amide bonds. The van der Waals surface area contributed by atoms with Crippen molar-refractivity contribution in [2.75, 3.05) is 38.6 Å². The summed E-state index contributed by atoms with van der Waals surface area (Å²) in [6.45, 7) is 2.86. The molecular weight excluding hydrogens is 407 g/mol. The fourth-order valence-corrected chi connectivity index (χ4v) is 4.70. The van der Waals surface area contributed by atoms with Gasteiger partial charge in [0.05, 0.1) is 12.8 Å². The number of carbonyl (C=O) groups is 2. The van der Waals surface area contributed by atoms with Gasteiger partial charge in [-0.15, -0.1) is 11.3 Å². The SMILES string of the molecule is COc1ccc(F)cc1-c1csc(NC(=O)C2CCN(C(=O)N3CCCC3)CC2)n1. The van der Waals surface area contributed by atoms with Crippen LogP contribution in [0.15, 0.2) is 23.6 Å². The van der Waals surface area contributed by atoms with E-state index in [1.807, 2.05) is 9.80 Å². The van der Waals surface area contributed by atoms with Crippen molar-refractivity contribution < 1.29 is 18.7 Å². The molecule has 2 aromatic rings. The van der Waals surface area contributed by atoms with Gasteiger partial charge in [-0.25, -0.2) is 14.2 Å². The van der Waals surface area contributed by atoms with E-state index in [1.54, 1.807) is 11.4 Å². The number of aromatic nitrogens is 1. The van der Waals surface area contributed by atoms with Crippen LogP contribution in [-0.2, 0) is 4.79 Å². The summed E-state index contributed by atoms with van der Waals surface area (Å²) in [5.41, 5.74) is 1.10. The molecular formula is C21H25FN4O3S. The number of nitrogens with zero attached hydrogens (tertiary/aromatic N) is 3. The van der Waals surface area contributed by atoms with Crippen LogP contribution in [0.3, 0.4) is 0 Å². The molecule has 2 aliphatic heterocycles. The Balaban J connectivity index is 1.34. The molecule has 3 heterocycles. The minimum Gasteiger partial charge on any atom is -0.496 e. The number of likely N-dealkylation sites (tertiary alicyclic amines) is 2. The Hall–Kier alpha value is -2.68. The first-order valence-corrected chi connectivity index (χ1v) is 11.1. The van der Waals surface area contributed by atoms with E-state index >= 15 is 0 Å². The molecule has 7 nitrogen and oxygen atoms in total. The number of urea groups is 1. The van der Waals surface area contributed by atoms with Gasteiger partial charge in [0, 0.05) is 43.0 Å². The number of amides is 3. The monoisotopic (exact) mass is 432 g/mol. The number of thiazole rings is 1. The highest BCUT2D eigenvalue weighted by molar-refractivity contribution is 7.14. The second-order valence-corrected chi connectivity index (χ2v) is 8.47. The maximum absolute atomic E-state index is 13.6. The van der Waals surface area contributed by atoms with Crippen LogP contribution in [0.4, 0.5) is 14.3 Å². The Labute approximate surface area is 178 Å². The van der Waals surface area contributed by atoms with Crippen LogP contribution < -0.4 is 10.1 Å². The highest BCUT2D eigenvalue weighted by Crippen LogP contribution is 2.33. The van der Waals surface area contributed by atoms with Crippen LogP contribution in [0.2, 0.25) is 0 Å². The molecule has 2 saturated heterocycles. The van der Waals surface area contributed by atoms with Gasteiger partial charge in [0.1, 0.15) is 11.6 Å². The van der Waals surface area contributed by atoms with Crippen molar-refractivity contribution in [1.29, 1.82) is 0 Å². The lowest BCUT2D eigenvalue weighted by Gasteiger charge is -2.33. The second-order valence-electron chi connectivity index (χ2n) is 7.61. The molecule has 4 rings (SSSR count). The van der Waals surface area contributed by atoms with Crippen LogP contribution in [0.1, 0.15) is 25.7 Å². The lowest BCUT2D eigenvalue weighted by molar-refractivity contribution is -0.121. The fourth-order valence-electron chi connectivity index (χ4n) is 3.98. The smallest absolute Gasteiger partial charge is 0.319 e. The molecule has 0 bridgehead atoms. The number of ether oxygens (including phenoxy) is 1. The summed E-state index contributed by atoms with van der Waals surface area (Å²) in [4.78, 5) is 33.4. The third-order valence-corrected chi connectivity index (χ3v) is 6.44. The number of hydrogen-bond donors (Lipinski definition) is 1. The summed E-state index contributed by atoms with van der Waals surface area (Å²) in [6, 6.07) is 4.35. The van der Waals surface area contributed by atoms with E-state index in [0.29, 0.717) is 48.1 Å². The summed E-state index contributed by atoms with van der Waals surface area (Å²) < 4.78 is 18.9. The molecule has 1 aromatic heterocycles. The highest BCUT2D eigenvalue weighted by Gasteiger charge is 2.30. The van der Waals surface area contributed by atoms with Gasteiger partial charge < -0.3 is 19.9 Å². The minimum atomic E-state index is -0.375. The lowest BCUT2D eigenvalue weighted by atomic mass is 9.96. The lowest BCUT2D eigenvalue weighted by Crippen LogP contribution is -2.47. The van der Waals surface area contributed by atoms with Crippen molar-refractivity contribution in [3.8, 4) is 17.0 Å². The van der Waals surface area contributed by atoms with E-state index in [1.165, 1.54) is 30.6 Å². The van der Waals surface area contributed by atoms with Crippen molar-refractivity contribution >= 4 is 28.4 Å². The van der Waals surface area contributed by atoms with E-state index in [2.05, 4.69) is 10.3 Å². The van der Waals surface area contributed by atoms with Crippen molar-refractivity contribution in [3.63, 3.8) is 0 Å². The number of benzene rings is 1. The molecule has 0 radical (unpaired) electrons. The number of hydrogen-bond acceptors (Lipinski definition) is 5. The molecule has 9 heteroatoms. The first-order valence-electron chi connectivity index (χ1n) is 10.2. The first-order chi connectivity index (χ1) is 14.5. The van der Waals surface area contributed by atoms with Crippen molar-refractivity contribution in [1.82, 2.24) is 14.8 Å². The number of methoxy groups -OCH3 is 1. The zero-order valence-electron chi connectivity index (χ0n) is 16.9. The van der Waals surface area contributed by atoms with Gasteiger partial charge in [-0.2, -0.15) is 0 Å². The Morgan fingerprint density at radius 1 is 1.17 bits per heavy atom. The summed E-state index contributed by atoms with van der Waals surface area (Å²) in [5.74, 6) is -0.0895. The van der Waals surface area contributed by atoms with Crippen LogP contribution in [0.25, 0.3) is 11.3 Å². The minimum absolute atomic E-state index is 0.0876. The van der Waals surface area contributed by atoms with E-state index in [0.717, 1.165) is 25.9 Å². The number of nitrogens with one attached hydrogen (secondary N) is 1. The van der Waals surface area contributed by atoms with Gasteiger partial charge in [-0.05, 0) is 43.9 Å². The normalized spacial score (nSPS) is 17.3. The summed E-state index contributed by atoms with van der Waals surface area (Å²) in [6.07, 6.45) is 3.42. The average Bonchev–Trinajstić information content (AvgIpc) is 3.46. The summed E-state index contributed by atoms with van der Waals surface area (Å²) >= 11 is 1.29. The van der Waals surface area contributed by atoms with E-state index in [4.69, 9.17) is 4.74 Å². The van der Waals surface area contributed by atoms with Crippen LogP contribution in [0.5, 0.6) is 5.75 Å². The summed E-state index contributed by atoms with van der Waals surface area (Å²) in [7, 11) is 1.52. The molecule has 1 aromatic carbocycles. The van der Waals surface area contributed by atoms with Gasteiger partial charge >= 0.3 is 6.03 Å². The maximum atomic E-state index is 13.6. The second kappa shape index (κ2) is 8.99. The molecule has 0 atom stereocenters. The topological polar surface area (TPSA) is 74.8 Å². The molecule has 1 N–H and O–H groups in total. The molecule has 0 saturated carbocycles. The average molecular weight is 433 g/mol. The number of carbonyl (C=O) groups excluding carboxylic acids is 2. The molecule has 160 valence electrons. The van der Waals surface area contributed by atoms with Crippen molar-refractivity contribution in [3.05, 3.63) is 29.4 Å². The maximum Gasteiger partial charge on any atom is 0.319 e. The van der Waals surface area contributed by atoms with E-state index in [9.17, 15) is 14.0 Å². The van der Waals surface area contributed by atoms with Gasteiger partial charge in [-0.3, -0.25) is 4.79 Å². The molecule has 2 aliphatic rings. The Bertz CT molecular complexity index is 921. The number of rotatable bonds is 4. The Morgan fingerprint density at radius 3 is 2.57 bits per heavy atom. The molecule has 2 fully saturated rings. The largest absolute Gasteiger partial charge is 0.496 e. The zero-order valence-corrected chi connectivity index (χ0v) is 17.7. The van der Waals surface area contributed by atoms with Gasteiger partial charge in [-0.1, -0.05) is 0 Å². The van der Waals surface area contributed by atoms with E-state index in [-0.39, 0.29) is 23.7 Å². The number of piperidine rings is 1. The predicted molar refractivity (Wildman–Crippen MR) is 113 cm³/mol. The van der Waals surface area contributed by atoms with Gasteiger partial charge in [0.2, 0.25) is 5.91 Å². The molecule has 0 unspecified atom stereocenters. The standard InChI is InChI=1S/C21H25FN4O3S/c1-29-18-5-4-15(22)12-16(18)17-13-30-20(23-17)24-19(27)14-6-10-26(11-7-14)21(28)25-8-2-3-9-25/h4-5,12-14H,2-3,6-11H2,1H3,(H,23,24,27). The quantitative estimate of drug-likeness (QED) is 0.797. The summed E-state index contributed by atoms with van der Waals surface area (Å²) in [5, 5.41) is 5.11. The van der Waals surface area contributed by atoms with E-state index < -0.39 is 0 Å². The first kappa shape index (κ1) is 20.6. The van der Waals surface area contributed by atoms with Gasteiger partial charge in [0.25, 0.3) is 0 Å².